The Labute approximate surface area is 130 Å². The first-order valence-corrected chi connectivity index (χ1v) is 8.45. The van der Waals surface area contributed by atoms with Gasteiger partial charge in [0, 0.05) is 30.9 Å². The van der Waals surface area contributed by atoms with Crippen LogP contribution >= 0.6 is 11.3 Å². The van der Waals surface area contributed by atoms with E-state index in [1.165, 1.54) is 0 Å². The van der Waals surface area contributed by atoms with Gasteiger partial charge in [0.15, 0.2) is 0 Å². The summed E-state index contributed by atoms with van der Waals surface area (Å²) in [6.07, 6.45) is 1.00. The Morgan fingerprint density at radius 1 is 1.52 bits per heavy atom. The molecule has 6 heteroatoms. The molecule has 0 aliphatic carbocycles. The van der Waals surface area contributed by atoms with E-state index in [4.69, 9.17) is 0 Å². The van der Waals surface area contributed by atoms with E-state index in [1.807, 2.05) is 20.8 Å². The molecule has 1 aromatic heterocycles. The molecule has 1 fully saturated rings. The summed E-state index contributed by atoms with van der Waals surface area (Å²) >= 11 is 1.67. The number of nitrogens with zero attached hydrogens (tertiary/aromatic N) is 2. The molecular weight excluding hydrogens is 286 g/mol. The van der Waals surface area contributed by atoms with Crippen LogP contribution in [0.2, 0.25) is 0 Å². The molecule has 5 nitrogen and oxygen atoms in total. The van der Waals surface area contributed by atoms with Gasteiger partial charge in [-0.1, -0.05) is 13.8 Å². The van der Waals surface area contributed by atoms with E-state index in [0.717, 1.165) is 36.8 Å². The van der Waals surface area contributed by atoms with Crippen LogP contribution in [0.25, 0.3) is 0 Å². The van der Waals surface area contributed by atoms with Crippen molar-refractivity contribution in [3.05, 3.63) is 16.1 Å². The Hall–Kier alpha value is -0.980. The number of likely N-dealkylation sites (tertiary alicyclic amines) is 1. The maximum absolute atomic E-state index is 11.8. The number of thiazole rings is 1. The number of aliphatic hydroxyl groups is 1. The lowest BCUT2D eigenvalue weighted by molar-refractivity contribution is -0.125. The first-order chi connectivity index (χ1) is 9.95. The third kappa shape index (κ3) is 4.76. The fraction of sp³-hybridized carbons (Fsp3) is 0.733. The summed E-state index contributed by atoms with van der Waals surface area (Å²) < 4.78 is 0. The van der Waals surface area contributed by atoms with Crippen molar-refractivity contribution in [1.29, 1.82) is 0 Å². The largest absolute Gasteiger partial charge is 0.391 e. The van der Waals surface area contributed by atoms with Gasteiger partial charge in [0.05, 0.1) is 22.8 Å². The van der Waals surface area contributed by atoms with Gasteiger partial charge < -0.3 is 10.4 Å². The highest BCUT2D eigenvalue weighted by atomic mass is 32.1. The van der Waals surface area contributed by atoms with Gasteiger partial charge in [-0.2, -0.15) is 0 Å². The number of nitrogens with one attached hydrogen (secondary N) is 1. The highest BCUT2D eigenvalue weighted by molar-refractivity contribution is 7.09. The molecule has 118 valence electrons. The lowest BCUT2D eigenvalue weighted by Crippen LogP contribution is -2.44. The minimum atomic E-state index is -0.463. The van der Waals surface area contributed by atoms with Crippen LogP contribution in [0, 0.1) is 12.8 Å². The quantitative estimate of drug-likeness (QED) is 0.885. The molecule has 0 saturated carbocycles. The summed E-state index contributed by atoms with van der Waals surface area (Å²) in [5.74, 6) is -0.0304. The van der Waals surface area contributed by atoms with Crippen LogP contribution in [0.4, 0.5) is 0 Å². The second-order valence-corrected chi connectivity index (χ2v) is 7.11. The van der Waals surface area contributed by atoms with Crippen molar-refractivity contribution in [2.24, 2.45) is 5.92 Å². The van der Waals surface area contributed by atoms with Crippen molar-refractivity contribution in [3.8, 4) is 0 Å². The summed E-state index contributed by atoms with van der Waals surface area (Å²) in [6.45, 7) is 8.28. The maximum atomic E-state index is 11.8. The number of hydrogen-bond donors (Lipinski definition) is 2. The van der Waals surface area contributed by atoms with Crippen molar-refractivity contribution in [2.45, 2.75) is 52.3 Å². The first-order valence-electron chi connectivity index (χ1n) is 7.57. The Morgan fingerprint density at radius 3 is 2.86 bits per heavy atom. The Morgan fingerprint density at radius 2 is 2.24 bits per heavy atom. The first kappa shape index (κ1) is 16.4. The molecule has 2 atom stereocenters. The van der Waals surface area contributed by atoms with Gasteiger partial charge in [-0.25, -0.2) is 4.98 Å². The standard InChI is InChI=1S/C15H25N3O2S/c1-10(2)15(20)17-13-4-6-18(7-5-14(13)19)8-12-9-21-11(3)16-12/h9-10,13-14,19H,4-8H2,1-3H3,(H,17,20)/t13-,14-/m0/s1. The number of aliphatic hydroxyl groups excluding tert-OH is 1. The molecule has 2 rings (SSSR count). The van der Waals surface area contributed by atoms with Gasteiger partial charge in [-0.15, -0.1) is 11.3 Å². The van der Waals surface area contributed by atoms with Crippen LogP contribution < -0.4 is 5.32 Å². The normalized spacial score (nSPS) is 24.0. The molecule has 0 spiro atoms. The third-order valence-electron chi connectivity index (χ3n) is 3.87. The Kier molecular flexibility index (Phi) is 5.72. The molecule has 1 aliphatic heterocycles. The fourth-order valence-electron chi connectivity index (χ4n) is 2.53. The van der Waals surface area contributed by atoms with E-state index in [1.54, 1.807) is 11.3 Å². The van der Waals surface area contributed by atoms with Gasteiger partial charge >= 0.3 is 0 Å². The topological polar surface area (TPSA) is 65.5 Å². The SMILES string of the molecule is Cc1nc(CN2CC[C@H](NC(=O)C(C)C)[C@@H](O)CC2)cs1. The zero-order chi connectivity index (χ0) is 15.4. The van der Waals surface area contributed by atoms with Crippen molar-refractivity contribution in [3.63, 3.8) is 0 Å². The molecule has 0 bridgehead atoms. The van der Waals surface area contributed by atoms with Crippen LogP contribution in [0.5, 0.6) is 0 Å². The predicted molar refractivity (Wildman–Crippen MR) is 84.1 cm³/mol. The van der Waals surface area contributed by atoms with Crippen molar-refractivity contribution < 1.29 is 9.90 Å². The maximum Gasteiger partial charge on any atom is 0.222 e. The molecule has 21 heavy (non-hydrogen) atoms. The van der Waals surface area contributed by atoms with E-state index >= 15 is 0 Å². The highest BCUT2D eigenvalue weighted by Gasteiger charge is 2.26. The van der Waals surface area contributed by atoms with E-state index < -0.39 is 6.10 Å². The smallest absolute Gasteiger partial charge is 0.222 e. The van der Waals surface area contributed by atoms with Crippen LogP contribution in [0.3, 0.4) is 0 Å². The monoisotopic (exact) mass is 311 g/mol. The second-order valence-electron chi connectivity index (χ2n) is 6.05. The van der Waals surface area contributed by atoms with Gasteiger partial charge in [0.2, 0.25) is 5.91 Å². The minimum Gasteiger partial charge on any atom is -0.391 e. The van der Waals surface area contributed by atoms with Gasteiger partial charge in [0.1, 0.15) is 0 Å². The molecule has 0 unspecified atom stereocenters. The van der Waals surface area contributed by atoms with E-state index in [0.29, 0.717) is 6.42 Å². The number of aryl methyl sites for hydroxylation is 1. The molecule has 2 N–H and O–H groups in total. The van der Waals surface area contributed by atoms with E-state index in [9.17, 15) is 9.90 Å². The molecule has 1 amide bonds. The zero-order valence-corrected chi connectivity index (χ0v) is 13.8. The Bertz CT molecular complexity index is 475. The van der Waals surface area contributed by atoms with Crippen LogP contribution in [-0.2, 0) is 11.3 Å². The molecule has 0 aromatic carbocycles. The number of amides is 1. The third-order valence-corrected chi connectivity index (χ3v) is 4.69. The number of carbonyl (C=O) groups excluding carboxylic acids is 1. The van der Waals surface area contributed by atoms with Crippen LogP contribution in [-0.4, -0.2) is 46.1 Å². The molecule has 1 saturated heterocycles. The van der Waals surface area contributed by atoms with Gasteiger partial charge in [0.25, 0.3) is 0 Å². The minimum absolute atomic E-state index is 0.0163. The summed E-state index contributed by atoms with van der Waals surface area (Å²) in [4.78, 5) is 18.6. The molecule has 2 heterocycles. The summed E-state index contributed by atoms with van der Waals surface area (Å²) in [5, 5.41) is 16.4. The average Bonchev–Trinajstić information content (AvgIpc) is 2.76. The van der Waals surface area contributed by atoms with Crippen molar-refractivity contribution in [2.75, 3.05) is 13.1 Å². The Balaban J connectivity index is 1.89. The number of carbonyl (C=O) groups is 1. The lowest BCUT2D eigenvalue weighted by atomic mass is 10.1. The molecule has 0 radical (unpaired) electrons. The zero-order valence-electron chi connectivity index (χ0n) is 13.0. The van der Waals surface area contributed by atoms with Crippen molar-refractivity contribution in [1.82, 2.24) is 15.2 Å². The molecular formula is C15H25N3O2S. The van der Waals surface area contributed by atoms with Gasteiger partial charge in [-0.3, -0.25) is 9.69 Å². The number of hydrogen-bond acceptors (Lipinski definition) is 5. The summed E-state index contributed by atoms with van der Waals surface area (Å²) in [6, 6.07) is -0.137. The predicted octanol–water partition coefficient (Wildman–Crippen LogP) is 1.55. The highest BCUT2D eigenvalue weighted by Crippen LogP contribution is 2.16. The summed E-state index contributed by atoms with van der Waals surface area (Å²) in [7, 11) is 0. The number of aromatic nitrogens is 1. The van der Waals surface area contributed by atoms with Crippen LogP contribution in [0.1, 0.15) is 37.4 Å². The second kappa shape index (κ2) is 7.33. The molecule has 1 aromatic rings. The average molecular weight is 311 g/mol. The van der Waals surface area contributed by atoms with E-state index in [2.05, 4.69) is 20.6 Å². The number of rotatable bonds is 4. The molecule has 1 aliphatic rings. The van der Waals surface area contributed by atoms with Crippen molar-refractivity contribution >= 4 is 17.2 Å². The van der Waals surface area contributed by atoms with E-state index in [-0.39, 0.29) is 17.9 Å². The van der Waals surface area contributed by atoms with Crippen LogP contribution in [0.15, 0.2) is 5.38 Å². The fourth-order valence-corrected chi connectivity index (χ4v) is 3.13. The lowest BCUT2D eigenvalue weighted by Gasteiger charge is -2.22. The summed E-state index contributed by atoms with van der Waals surface area (Å²) in [5.41, 5.74) is 1.09. The van der Waals surface area contributed by atoms with Gasteiger partial charge in [-0.05, 0) is 19.8 Å².